The third kappa shape index (κ3) is 2.88. The van der Waals surface area contributed by atoms with Crippen molar-refractivity contribution in [3.63, 3.8) is 0 Å². The summed E-state index contributed by atoms with van der Waals surface area (Å²) >= 11 is 0. The molecule has 5 nitrogen and oxygen atoms in total. The average Bonchev–Trinajstić information content (AvgIpc) is 2.78. The van der Waals surface area contributed by atoms with Crippen molar-refractivity contribution in [1.82, 2.24) is 20.2 Å². The highest BCUT2D eigenvalue weighted by Crippen LogP contribution is 2.09. The maximum atomic E-state index is 6.01. The van der Waals surface area contributed by atoms with Crippen molar-refractivity contribution in [3.8, 4) is 5.69 Å². The molecule has 17 heavy (non-hydrogen) atoms. The average molecular weight is 231 g/mol. The molecule has 0 saturated heterocycles. The molecule has 1 aromatic heterocycles. The van der Waals surface area contributed by atoms with Gasteiger partial charge in [0.25, 0.3) is 0 Å². The van der Waals surface area contributed by atoms with Gasteiger partial charge in [0.1, 0.15) is 0 Å². The predicted molar refractivity (Wildman–Crippen MR) is 65.7 cm³/mol. The second kappa shape index (κ2) is 5.54. The van der Waals surface area contributed by atoms with Crippen LogP contribution in [0.1, 0.15) is 25.6 Å². The van der Waals surface area contributed by atoms with Gasteiger partial charge in [-0.2, -0.15) is 4.68 Å². The molecule has 0 aliphatic heterocycles. The lowest BCUT2D eigenvalue weighted by molar-refractivity contribution is 0.575. The minimum absolute atomic E-state index is 0.119. The molecule has 1 heterocycles. The minimum Gasteiger partial charge on any atom is -0.327 e. The van der Waals surface area contributed by atoms with E-state index < -0.39 is 0 Å². The molecule has 90 valence electrons. The molecule has 0 spiro atoms. The summed E-state index contributed by atoms with van der Waals surface area (Å²) in [6.07, 6.45) is 2.77. The summed E-state index contributed by atoms with van der Waals surface area (Å²) in [4.78, 5) is 0. The first kappa shape index (κ1) is 11.7. The summed E-state index contributed by atoms with van der Waals surface area (Å²) < 4.78 is 1.75. The molecular weight excluding hydrogens is 214 g/mol. The van der Waals surface area contributed by atoms with Gasteiger partial charge >= 0.3 is 0 Å². The van der Waals surface area contributed by atoms with Crippen molar-refractivity contribution in [2.24, 2.45) is 5.73 Å². The van der Waals surface area contributed by atoms with Crippen LogP contribution < -0.4 is 5.73 Å². The molecule has 0 fully saturated rings. The molecule has 0 aliphatic rings. The number of aromatic nitrogens is 4. The Morgan fingerprint density at radius 1 is 1.29 bits per heavy atom. The number of hydrogen-bond acceptors (Lipinski definition) is 4. The van der Waals surface area contributed by atoms with Crippen LogP contribution >= 0.6 is 0 Å². The van der Waals surface area contributed by atoms with E-state index in [1.54, 1.807) is 4.68 Å². The number of nitrogens with zero attached hydrogens (tertiary/aromatic N) is 4. The first-order chi connectivity index (χ1) is 8.31. The van der Waals surface area contributed by atoms with Gasteiger partial charge < -0.3 is 5.73 Å². The summed E-state index contributed by atoms with van der Waals surface area (Å²) in [5, 5.41) is 11.8. The Morgan fingerprint density at radius 2 is 2.06 bits per heavy atom. The maximum Gasteiger partial charge on any atom is 0.158 e. The van der Waals surface area contributed by atoms with E-state index in [1.807, 2.05) is 30.3 Å². The third-order valence-corrected chi connectivity index (χ3v) is 2.64. The van der Waals surface area contributed by atoms with E-state index in [1.165, 1.54) is 0 Å². The Bertz CT molecular complexity index is 451. The van der Waals surface area contributed by atoms with Crippen molar-refractivity contribution < 1.29 is 0 Å². The maximum absolute atomic E-state index is 6.01. The summed E-state index contributed by atoms with van der Waals surface area (Å²) in [5.41, 5.74) is 6.98. The van der Waals surface area contributed by atoms with Crippen LogP contribution in [0.25, 0.3) is 5.69 Å². The fraction of sp³-hybridized carbons (Fsp3) is 0.417. The van der Waals surface area contributed by atoms with Crippen LogP contribution in [0.4, 0.5) is 0 Å². The van der Waals surface area contributed by atoms with Gasteiger partial charge in [-0.1, -0.05) is 31.5 Å². The number of para-hydroxylation sites is 1. The van der Waals surface area contributed by atoms with E-state index in [0.29, 0.717) is 6.42 Å². The van der Waals surface area contributed by atoms with Crippen LogP contribution in [-0.4, -0.2) is 26.2 Å². The highest BCUT2D eigenvalue weighted by molar-refractivity contribution is 5.30. The lowest BCUT2D eigenvalue weighted by Crippen LogP contribution is -2.24. The Balaban J connectivity index is 2.18. The fourth-order valence-electron chi connectivity index (χ4n) is 1.81. The van der Waals surface area contributed by atoms with Crippen molar-refractivity contribution in [1.29, 1.82) is 0 Å². The van der Waals surface area contributed by atoms with Crippen molar-refractivity contribution in [2.75, 3.05) is 0 Å². The smallest absolute Gasteiger partial charge is 0.158 e. The molecule has 1 atom stereocenters. The Kier molecular flexibility index (Phi) is 3.82. The number of tetrazole rings is 1. The van der Waals surface area contributed by atoms with Crippen LogP contribution in [0.2, 0.25) is 0 Å². The standard InChI is InChI=1S/C12H17N5/c1-2-6-10(13)9-12-14-15-16-17(12)11-7-4-3-5-8-11/h3-5,7-8,10H,2,6,9,13H2,1H3. The summed E-state index contributed by atoms with van der Waals surface area (Å²) in [6, 6.07) is 9.97. The van der Waals surface area contributed by atoms with Crippen molar-refractivity contribution >= 4 is 0 Å². The Hall–Kier alpha value is -1.75. The van der Waals surface area contributed by atoms with Gasteiger partial charge in [-0.3, -0.25) is 0 Å². The second-order valence-electron chi connectivity index (χ2n) is 4.10. The first-order valence-corrected chi connectivity index (χ1v) is 5.89. The molecule has 1 unspecified atom stereocenters. The monoisotopic (exact) mass is 231 g/mol. The van der Waals surface area contributed by atoms with Gasteiger partial charge in [0.15, 0.2) is 5.82 Å². The zero-order chi connectivity index (χ0) is 12.1. The van der Waals surface area contributed by atoms with E-state index in [9.17, 15) is 0 Å². The Labute approximate surface area is 101 Å². The van der Waals surface area contributed by atoms with Crippen LogP contribution in [0.15, 0.2) is 30.3 Å². The normalized spacial score (nSPS) is 12.6. The molecule has 0 amide bonds. The molecular formula is C12H17N5. The predicted octanol–water partition coefficient (Wildman–Crippen LogP) is 1.33. The van der Waals surface area contributed by atoms with Gasteiger partial charge in [0, 0.05) is 12.5 Å². The van der Waals surface area contributed by atoms with E-state index in [0.717, 1.165) is 24.4 Å². The quantitative estimate of drug-likeness (QED) is 0.842. The molecule has 2 N–H and O–H groups in total. The van der Waals surface area contributed by atoms with Gasteiger partial charge in [-0.15, -0.1) is 5.10 Å². The van der Waals surface area contributed by atoms with Crippen LogP contribution in [-0.2, 0) is 6.42 Å². The SMILES string of the molecule is CCCC(N)Cc1nnnn1-c1ccccc1. The highest BCUT2D eigenvalue weighted by Gasteiger charge is 2.11. The largest absolute Gasteiger partial charge is 0.327 e. The molecule has 2 rings (SSSR count). The van der Waals surface area contributed by atoms with Crippen LogP contribution in [0.3, 0.4) is 0 Å². The van der Waals surface area contributed by atoms with Gasteiger partial charge in [-0.05, 0) is 29.0 Å². The summed E-state index contributed by atoms with van der Waals surface area (Å²) in [5.74, 6) is 0.817. The van der Waals surface area contributed by atoms with E-state index in [4.69, 9.17) is 5.73 Å². The molecule has 0 bridgehead atoms. The highest BCUT2D eigenvalue weighted by atomic mass is 15.5. The van der Waals surface area contributed by atoms with Crippen LogP contribution in [0, 0.1) is 0 Å². The van der Waals surface area contributed by atoms with E-state index in [2.05, 4.69) is 22.4 Å². The molecule has 1 aromatic carbocycles. The molecule has 5 heteroatoms. The number of rotatable bonds is 5. The second-order valence-corrected chi connectivity index (χ2v) is 4.10. The number of benzene rings is 1. The third-order valence-electron chi connectivity index (χ3n) is 2.64. The van der Waals surface area contributed by atoms with Crippen LogP contribution in [0.5, 0.6) is 0 Å². The zero-order valence-electron chi connectivity index (χ0n) is 9.95. The summed E-state index contributed by atoms with van der Waals surface area (Å²) in [7, 11) is 0. The van der Waals surface area contributed by atoms with Crippen molar-refractivity contribution in [3.05, 3.63) is 36.2 Å². The number of nitrogens with two attached hydrogens (primary N) is 1. The van der Waals surface area contributed by atoms with Gasteiger partial charge in [0.05, 0.1) is 5.69 Å². The minimum atomic E-state index is 0.119. The zero-order valence-corrected chi connectivity index (χ0v) is 9.95. The van der Waals surface area contributed by atoms with E-state index >= 15 is 0 Å². The van der Waals surface area contributed by atoms with Crippen molar-refractivity contribution in [2.45, 2.75) is 32.2 Å². The van der Waals surface area contributed by atoms with Gasteiger partial charge in [-0.25, -0.2) is 0 Å². The molecule has 0 radical (unpaired) electrons. The molecule has 0 aliphatic carbocycles. The molecule has 2 aromatic rings. The summed E-state index contributed by atoms with van der Waals surface area (Å²) in [6.45, 7) is 2.13. The lowest BCUT2D eigenvalue weighted by Gasteiger charge is -2.09. The first-order valence-electron chi connectivity index (χ1n) is 5.89. The lowest BCUT2D eigenvalue weighted by atomic mass is 10.1. The van der Waals surface area contributed by atoms with E-state index in [-0.39, 0.29) is 6.04 Å². The van der Waals surface area contributed by atoms with Gasteiger partial charge in [0.2, 0.25) is 0 Å². The molecule has 0 saturated carbocycles. The number of hydrogen-bond donors (Lipinski definition) is 1. The Morgan fingerprint density at radius 3 is 2.76 bits per heavy atom. The fourth-order valence-corrected chi connectivity index (χ4v) is 1.81. The topological polar surface area (TPSA) is 69.6 Å².